The van der Waals surface area contributed by atoms with Gasteiger partial charge in [-0.15, -0.1) is 0 Å². The lowest BCUT2D eigenvalue weighted by atomic mass is 9.96. The number of hydrogen-bond acceptors (Lipinski definition) is 6. The highest BCUT2D eigenvalue weighted by Gasteiger charge is 2.64. The van der Waals surface area contributed by atoms with Gasteiger partial charge in [-0.05, 0) is 84.7 Å². The number of carbonyl (C=O) groups is 1. The summed E-state index contributed by atoms with van der Waals surface area (Å²) in [7, 11) is -4.96. The maximum atomic E-state index is 14.3. The number of hydrogen-bond donors (Lipinski definition) is 3. The molecule has 234 valence electrons. The predicted molar refractivity (Wildman–Crippen MR) is 151 cm³/mol. The van der Waals surface area contributed by atoms with Crippen molar-refractivity contribution in [2.24, 2.45) is 11.8 Å². The monoisotopic (exact) mass is 634 g/mol. The van der Waals surface area contributed by atoms with Gasteiger partial charge < -0.3 is 19.8 Å². The van der Waals surface area contributed by atoms with Gasteiger partial charge in [-0.2, -0.15) is 0 Å². The fourth-order valence-corrected chi connectivity index (χ4v) is 6.88. The number of rotatable bonds is 13. The Morgan fingerprint density at radius 3 is 2.34 bits per heavy atom. The third kappa shape index (κ3) is 5.87. The molecule has 3 atom stereocenters. The number of fused-ring (bicyclic) bond motifs is 1. The van der Waals surface area contributed by atoms with E-state index in [1.165, 1.54) is 40.6 Å². The molecule has 3 aliphatic carbocycles. The van der Waals surface area contributed by atoms with Crippen LogP contribution in [-0.4, -0.2) is 44.0 Å². The molecule has 44 heavy (non-hydrogen) atoms. The zero-order valence-corrected chi connectivity index (χ0v) is 24.4. The number of carboxylic acids is 1. The number of aliphatic hydroxyl groups excluding tert-OH is 1. The van der Waals surface area contributed by atoms with Crippen LogP contribution in [0.25, 0.3) is 0 Å². The molecule has 3 aliphatic rings. The number of nitrogens with one attached hydrogen (secondary N) is 1. The summed E-state index contributed by atoms with van der Waals surface area (Å²) in [4.78, 5) is 11.6. The van der Waals surface area contributed by atoms with Gasteiger partial charge in [-0.1, -0.05) is 18.2 Å². The molecule has 0 bridgehead atoms. The van der Waals surface area contributed by atoms with Crippen LogP contribution in [0.4, 0.5) is 23.2 Å². The smallest absolute Gasteiger partial charge is 0.335 e. The van der Waals surface area contributed by atoms with Crippen LogP contribution in [0.3, 0.4) is 0 Å². The average molecular weight is 635 g/mol. The topological polar surface area (TPSA) is 116 Å². The number of ether oxygens (including phenoxy) is 1. The molecule has 0 radical (unpaired) electrons. The van der Waals surface area contributed by atoms with E-state index in [1.807, 2.05) is 10.8 Å². The molecule has 3 saturated carbocycles. The largest absolute Gasteiger partial charge is 0.492 e. The van der Waals surface area contributed by atoms with E-state index in [2.05, 4.69) is 12.1 Å². The van der Waals surface area contributed by atoms with E-state index in [9.17, 15) is 41.0 Å². The highest BCUT2D eigenvalue weighted by Crippen LogP contribution is 2.73. The minimum atomic E-state index is -4.96. The van der Waals surface area contributed by atoms with Gasteiger partial charge in [0.15, 0.2) is 23.3 Å². The van der Waals surface area contributed by atoms with Crippen molar-refractivity contribution in [2.75, 3.05) is 18.1 Å². The minimum absolute atomic E-state index is 0.0192. The van der Waals surface area contributed by atoms with Crippen LogP contribution in [0.15, 0.2) is 47.4 Å². The van der Waals surface area contributed by atoms with Gasteiger partial charge in [0.1, 0.15) is 16.9 Å². The molecule has 3 fully saturated rings. The first kappa shape index (κ1) is 30.4. The number of halogens is 4. The van der Waals surface area contributed by atoms with E-state index >= 15 is 0 Å². The Kier molecular flexibility index (Phi) is 7.83. The minimum Gasteiger partial charge on any atom is -0.492 e. The first-order valence-corrected chi connectivity index (χ1v) is 15.8. The van der Waals surface area contributed by atoms with Crippen molar-refractivity contribution < 1.29 is 45.7 Å². The molecule has 8 nitrogen and oxygen atoms in total. The molecule has 0 heterocycles. The summed E-state index contributed by atoms with van der Waals surface area (Å²) >= 11 is 0. The summed E-state index contributed by atoms with van der Waals surface area (Å²) in [5, 5.41) is 20.9. The van der Waals surface area contributed by atoms with Gasteiger partial charge in [-0.3, -0.25) is 0 Å². The van der Waals surface area contributed by atoms with E-state index in [0.717, 1.165) is 18.4 Å². The first-order valence-electron chi connectivity index (χ1n) is 14.3. The molecule has 0 saturated heterocycles. The van der Waals surface area contributed by atoms with Crippen molar-refractivity contribution in [1.29, 1.82) is 0 Å². The molecule has 3 aromatic carbocycles. The lowest BCUT2D eigenvalue weighted by Gasteiger charge is -2.32. The Morgan fingerprint density at radius 1 is 1.02 bits per heavy atom. The quantitative estimate of drug-likeness (QED) is 0.102. The highest BCUT2D eigenvalue weighted by molar-refractivity contribution is 7.89. The Morgan fingerprint density at radius 2 is 1.73 bits per heavy atom. The Hall–Kier alpha value is -3.68. The number of aliphatic hydroxyl groups is 1. The van der Waals surface area contributed by atoms with Crippen molar-refractivity contribution in [1.82, 2.24) is 4.72 Å². The number of sulfonamides is 1. The fraction of sp³-hybridized carbons (Fsp3) is 0.387. The summed E-state index contributed by atoms with van der Waals surface area (Å²) in [5.74, 6) is -7.20. The van der Waals surface area contributed by atoms with E-state index in [1.54, 1.807) is 6.92 Å². The van der Waals surface area contributed by atoms with E-state index in [4.69, 9.17) is 4.74 Å². The van der Waals surface area contributed by atoms with Crippen LogP contribution in [0.5, 0.6) is 5.75 Å². The van der Waals surface area contributed by atoms with E-state index < -0.39 is 56.9 Å². The van der Waals surface area contributed by atoms with Crippen molar-refractivity contribution in [3.63, 3.8) is 0 Å². The second-order valence-electron chi connectivity index (χ2n) is 11.6. The van der Waals surface area contributed by atoms with Crippen LogP contribution in [0.2, 0.25) is 0 Å². The third-order valence-corrected chi connectivity index (χ3v) is 9.91. The highest BCUT2D eigenvalue weighted by atomic mass is 32.2. The van der Waals surface area contributed by atoms with Crippen LogP contribution in [0.1, 0.15) is 65.1 Å². The summed E-state index contributed by atoms with van der Waals surface area (Å²) in [6, 6.07) is 10.4. The molecular weight excluding hydrogens is 604 g/mol. The van der Waals surface area contributed by atoms with Crippen LogP contribution >= 0.6 is 0 Å². The normalized spacial score (nSPS) is 21.0. The molecule has 3 unspecified atom stereocenters. The van der Waals surface area contributed by atoms with Crippen molar-refractivity contribution in [3.8, 4) is 5.75 Å². The molecule has 6 rings (SSSR count). The van der Waals surface area contributed by atoms with Gasteiger partial charge >= 0.3 is 5.97 Å². The van der Waals surface area contributed by atoms with Gasteiger partial charge in [0.25, 0.3) is 0 Å². The summed E-state index contributed by atoms with van der Waals surface area (Å²) in [5.41, 5.74) is 3.40. The molecule has 0 aliphatic heterocycles. The standard InChI is InChI=1S/C31H30F4N2O6S/c1-2-43-24-10-17(31(39)40)5-6-23(24)37(14-15-7-18(16-3-4-16)9-19(8-15)27-20-11-21(20)27)26(38)13-36-44(41,42)25-12-22(32)28(33)30(35)29(25)34/h5-10,12,16,20-21,26-27,36,38H,2-4,11,13-14H2,1H3,(H,39,40). The molecule has 13 heteroatoms. The zero-order chi connectivity index (χ0) is 31.5. The Labute approximate surface area is 251 Å². The summed E-state index contributed by atoms with van der Waals surface area (Å²) < 4.78 is 88.7. The molecule has 0 amide bonds. The fourth-order valence-electron chi connectivity index (χ4n) is 5.78. The Balaban J connectivity index is 1.33. The van der Waals surface area contributed by atoms with Crippen molar-refractivity contribution >= 4 is 21.7 Å². The van der Waals surface area contributed by atoms with Crippen LogP contribution in [-0.2, 0) is 16.6 Å². The summed E-state index contributed by atoms with van der Waals surface area (Å²) in [6.45, 7) is 1.11. The number of benzene rings is 3. The predicted octanol–water partition coefficient (Wildman–Crippen LogP) is 5.25. The van der Waals surface area contributed by atoms with Gasteiger partial charge in [0, 0.05) is 12.6 Å². The SMILES string of the molecule is CCOc1cc(C(=O)O)ccc1N(Cc1cc(C2CC2)cc(C2C3CC32)c1)C(O)CNS(=O)(=O)c1cc(F)c(F)c(F)c1F. The van der Waals surface area contributed by atoms with Gasteiger partial charge in [0.05, 0.1) is 24.4 Å². The Bertz CT molecular complexity index is 1740. The lowest BCUT2D eigenvalue weighted by Crippen LogP contribution is -2.44. The maximum absolute atomic E-state index is 14.3. The van der Waals surface area contributed by atoms with Crippen molar-refractivity contribution in [2.45, 2.75) is 55.7 Å². The van der Waals surface area contributed by atoms with Gasteiger partial charge in [0.2, 0.25) is 10.0 Å². The molecule has 3 N–H and O–H groups in total. The number of carboxylic acid groups (broad SMARTS) is 1. The molecular formula is C31H30F4N2O6S. The zero-order valence-electron chi connectivity index (χ0n) is 23.6. The third-order valence-electron chi connectivity index (χ3n) is 8.49. The van der Waals surface area contributed by atoms with Gasteiger partial charge in [-0.25, -0.2) is 35.5 Å². The van der Waals surface area contributed by atoms with Crippen LogP contribution in [0, 0.1) is 35.1 Å². The number of anilines is 1. The van der Waals surface area contributed by atoms with Crippen molar-refractivity contribution in [3.05, 3.63) is 88.0 Å². The maximum Gasteiger partial charge on any atom is 0.335 e. The molecule has 3 aromatic rings. The average Bonchev–Trinajstić information content (AvgIpc) is 3.85. The lowest BCUT2D eigenvalue weighted by molar-refractivity contribution is 0.0696. The summed E-state index contributed by atoms with van der Waals surface area (Å²) in [6.07, 6.45) is 1.70. The number of nitrogens with zero attached hydrogens (tertiary/aromatic N) is 1. The second kappa shape index (κ2) is 11.4. The number of aromatic carboxylic acids is 1. The van der Waals surface area contributed by atoms with E-state index in [-0.39, 0.29) is 36.2 Å². The molecule has 0 spiro atoms. The molecule has 0 aromatic heterocycles. The van der Waals surface area contributed by atoms with E-state index in [0.29, 0.717) is 23.7 Å². The first-order chi connectivity index (χ1) is 20.9. The van der Waals surface area contributed by atoms with Crippen LogP contribution < -0.4 is 14.4 Å². The second-order valence-corrected chi connectivity index (χ2v) is 13.3.